The highest BCUT2D eigenvalue weighted by molar-refractivity contribution is 6.30. The fraction of sp³-hybridized carbons (Fsp3) is 0.333. The second-order valence-corrected chi connectivity index (χ2v) is 6.26. The Hall–Kier alpha value is -2.27. The Morgan fingerprint density at radius 3 is 2.50 bits per heavy atom. The van der Waals surface area contributed by atoms with E-state index in [4.69, 9.17) is 11.6 Å². The second kappa shape index (κ2) is 7.53. The Labute approximate surface area is 146 Å². The van der Waals surface area contributed by atoms with Gasteiger partial charge in [-0.05, 0) is 37.6 Å². The van der Waals surface area contributed by atoms with Crippen LogP contribution in [-0.4, -0.2) is 27.5 Å². The third kappa shape index (κ3) is 4.17. The van der Waals surface area contributed by atoms with E-state index in [0.29, 0.717) is 10.7 Å². The maximum Gasteiger partial charge on any atom is 0.254 e. The first-order valence-corrected chi connectivity index (χ1v) is 8.09. The molecule has 6 heteroatoms. The molecule has 5 nitrogen and oxygen atoms in total. The van der Waals surface area contributed by atoms with Gasteiger partial charge in [-0.25, -0.2) is 0 Å². The van der Waals surface area contributed by atoms with Gasteiger partial charge >= 0.3 is 0 Å². The minimum Gasteiger partial charge on any atom is -0.508 e. The van der Waals surface area contributed by atoms with Crippen LogP contribution in [0, 0.1) is 6.92 Å². The summed E-state index contributed by atoms with van der Waals surface area (Å²) < 4.78 is 1.48. The molecule has 0 spiro atoms. The Morgan fingerprint density at radius 2 is 1.92 bits per heavy atom. The average Bonchev–Trinajstić information content (AvgIpc) is 2.53. The summed E-state index contributed by atoms with van der Waals surface area (Å²) >= 11 is 5.89. The van der Waals surface area contributed by atoms with Crippen molar-refractivity contribution < 1.29 is 9.90 Å². The summed E-state index contributed by atoms with van der Waals surface area (Å²) in [6.45, 7) is 3.95. The average molecular weight is 349 g/mol. The van der Waals surface area contributed by atoms with Crippen LogP contribution < -0.4 is 5.56 Å². The van der Waals surface area contributed by atoms with Crippen LogP contribution in [0.15, 0.2) is 41.2 Å². The summed E-state index contributed by atoms with van der Waals surface area (Å²) in [5.41, 5.74) is 1.31. The number of aromatic nitrogens is 1. The number of hydrogen-bond acceptors (Lipinski definition) is 3. The third-order valence-electron chi connectivity index (χ3n) is 4.20. The molecule has 2 aromatic rings. The quantitative estimate of drug-likeness (QED) is 0.903. The summed E-state index contributed by atoms with van der Waals surface area (Å²) in [4.78, 5) is 26.0. The van der Waals surface area contributed by atoms with Crippen molar-refractivity contribution in [1.82, 2.24) is 9.47 Å². The SMILES string of the molecule is Cc1cc(O)cc(=O)n1CCC(=O)N(C)C(C)c1ccc(Cl)cc1. The summed E-state index contributed by atoms with van der Waals surface area (Å²) in [6, 6.07) is 9.95. The van der Waals surface area contributed by atoms with Crippen molar-refractivity contribution in [2.45, 2.75) is 32.9 Å². The van der Waals surface area contributed by atoms with Crippen molar-refractivity contribution in [3.05, 3.63) is 63.0 Å². The molecule has 0 saturated heterocycles. The number of amides is 1. The molecule has 2 rings (SSSR count). The van der Waals surface area contributed by atoms with E-state index < -0.39 is 0 Å². The summed E-state index contributed by atoms with van der Waals surface area (Å²) in [5.74, 6) is -0.120. The van der Waals surface area contributed by atoms with Gasteiger partial charge in [0.2, 0.25) is 5.91 Å². The standard InChI is InChI=1S/C18H21ClN2O3/c1-12-10-16(22)11-18(24)21(12)9-8-17(23)20(3)13(2)14-4-6-15(19)7-5-14/h4-7,10-11,13,22H,8-9H2,1-3H3. The Balaban J connectivity index is 2.04. The first kappa shape index (κ1) is 18.1. The minimum absolute atomic E-state index is 0.0585. The zero-order valence-electron chi connectivity index (χ0n) is 14.0. The van der Waals surface area contributed by atoms with Gasteiger partial charge < -0.3 is 14.6 Å². The number of halogens is 1. The fourth-order valence-corrected chi connectivity index (χ4v) is 2.69. The summed E-state index contributed by atoms with van der Waals surface area (Å²) in [5, 5.41) is 10.1. The van der Waals surface area contributed by atoms with Crippen molar-refractivity contribution in [2.24, 2.45) is 0 Å². The molecule has 24 heavy (non-hydrogen) atoms. The molecule has 1 aromatic heterocycles. The molecule has 128 valence electrons. The van der Waals surface area contributed by atoms with Crippen LogP contribution in [0.3, 0.4) is 0 Å². The smallest absolute Gasteiger partial charge is 0.254 e. The van der Waals surface area contributed by atoms with Crippen molar-refractivity contribution >= 4 is 17.5 Å². The highest BCUT2D eigenvalue weighted by atomic mass is 35.5. The predicted octanol–water partition coefficient (Wildman–Crippen LogP) is 3.13. The van der Waals surface area contributed by atoms with Crippen LogP contribution in [0.5, 0.6) is 5.75 Å². The number of aromatic hydroxyl groups is 1. The lowest BCUT2D eigenvalue weighted by atomic mass is 10.1. The van der Waals surface area contributed by atoms with Gasteiger partial charge in [-0.15, -0.1) is 0 Å². The summed E-state index contributed by atoms with van der Waals surface area (Å²) in [7, 11) is 1.74. The van der Waals surface area contributed by atoms with E-state index in [-0.39, 0.29) is 36.2 Å². The Morgan fingerprint density at radius 1 is 1.29 bits per heavy atom. The lowest BCUT2D eigenvalue weighted by Crippen LogP contribution is -2.31. The first-order chi connectivity index (χ1) is 11.3. The number of carbonyl (C=O) groups is 1. The van der Waals surface area contributed by atoms with E-state index in [1.807, 2.05) is 19.1 Å². The molecule has 1 N–H and O–H groups in total. The van der Waals surface area contributed by atoms with E-state index in [9.17, 15) is 14.7 Å². The predicted molar refractivity (Wildman–Crippen MR) is 94.4 cm³/mol. The molecule has 1 amide bonds. The molecule has 0 bridgehead atoms. The van der Waals surface area contributed by atoms with Crippen molar-refractivity contribution in [2.75, 3.05) is 7.05 Å². The van der Waals surface area contributed by atoms with E-state index in [2.05, 4.69) is 0 Å². The number of nitrogens with zero attached hydrogens (tertiary/aromatic N) is 2. The largest absolute Gasteiger partial charge is 0.508 e. The number of rotatable bonds is 5. The van der Waals surface area contributed by atoms with Crippen molar-refractivity contribution in [3.8, 4) is 5.75 Å². The Kier molecular flexibility index (Phi) is 5.67. The highest BCUT2D eigenvalue weighted by Crippen LogP contribution is 2.21. The maximum absolute atomic E-state index is 12.4. The van der Waals surface area contributed by atoms with E-state index in [1.165, 1.54) is 10.6 Å². The molecular formula is C18H21ClN2O3. The van der Waals surface area contributed by atoms with Gasteiger partial charge in [0.05, 0.1) is 6.04 Å². The van der Waals surface area contributed by atoms with Gasteiger partial charge in [-0.1, -0.05) is 23.7 Å². The van der Waals surface area contributed by atoms with Crippen LogP contribution in [0.1, 0.15) is 30.6 Å². The molecular weight excluding hydrogens is 328 g/mol. The van der Waals surface area contributed by atoms with E-state index in [1.54, 1.807) is 31.0 Å². The first-order valence-electron chi connectivity index (χ1n) is 7.71. The zero-order valence-corrected chi connectivity index (χ0v) is 14.7. The topological polar surface area (TPSA) is 62.5 Å². The molecule has 0 saturated carbocycles. The van der Waals surface area contributed by atoms with Crippen molar-refractivity contribution in [1.29, 1.82) is 0 Å². The normalized spacial score (nSPS) is 12.0. The molecule has 0 aliphatic heterocycles. The van der Waals surface area contributed by atoms with Crippen molar-refractivity contribution in [3.63, 3.8) is 0 Å². The second-order valence-electron chi connectivity index (χ2n) is 5.83. The molecule has 1 unspecified atom stereocenters. The van der Waals surface area contributed by atoms with Crippen LogP contribution >= 0.6 is 11.6 Å². The molecule has 1 atom stereocenters. The summed E-state index contributed by atoms with van der Waals surface area (Å²) in [6.07, 6.45) is 0.208. The lowest BCUT2D eigenvalue weighted by Gasteiger charge is -2.25. The van der Waals surface area contributed by atoms with Gasteiger partial charge in [0.25, 0.3) is 5.56 Å². The molecule has 1 heterocycles. The van der Waals surface area contributed by atoms with Gasteiger partial charge in [0.1, 0.15) is 5.75 Å². The van der Waals surface area contributed by atoms with Gasteiger partial charge in [-0.2, -0.15) is 0 Å². The maximum atomic E-state index is 12.4. The van der Waals surface area contributed by atoms with Gasteiger partial charge in [0.15, 0.2) is 0 Å². The third-order valence-corrected chi connectivity index (χ3v) is 4.45. The van der Waals surface area contributed by atoms with Gasteiger partial charge in [0, 0.05) is 36.8 Å². The lowest BCUT2D eigenvalue weighted by molar-refractivity contribution is -0.132. The molecule has 1 aromatic carbocycles. The molecule has 0 radical (unpaired) electrons. The highest BCUT2D eigenvalue weighted by Gasteiger charge is 2.17. The van der Waals surface area contributed by atoms with Crippen LogP contribution in [0.2, 0.25) is 5.02 Å². The van der Waals surface area contributed by atoms with Crippen LogP contribution in [0.4, 0.5) is 0 Å². The molecule has 0 fully saturated rings. The van der Waals surface area contributed by atoms with Gasteiger partial charge in [-0.3, -0.25) is 9.59 Å². The van der Waals surface area contributed by atoms with Crippen LogP contribution in [-0.2, 0) is 11.3 Å². The minimum atomic E-state index is -0.311. The number of carbonyl (C=O) groups excluding carboxylic acids is 1. The number of pyridine rings is 1. The number of aryl methyl sites for hydroxylation is 1. The number of benzene rings is 1. The van der Waals surface area contributed by atoms with Crippen LogP contribution in [0.25, 0.3) is 0 Å². The van der Waals surface area contributed by atoms with E-state index >= 15 is 0 Å². The fourth-order valence-electron chi connectivity index (χ4n) is 2.56. The zero-order chi connectivity index (χ0) is 17.9. The molecule has 0 aliphatic carbocycles. The number of hydrogen-bond donors (Lipinski definition) is 1. The monoisotopic (exact) mass is 348 g/mol. The molecule has 0 aliphatic rings. The van der Waals surface area contributed by atoms with E-state index in [0.717, 1.165) is 11.6 Å². The Bertz CT molecular complexity index is 784.